The van der Waals surface area contributed by atoms with Crippen LogP contribution in [0.4, 0.5) is 0 Å². The fourth-order valence-corrected chi connectivity index (χ4v) is 4.77. The Morgan fingerprint density at radius 2 is 2.20 bits per heavy atom. The molecule has 3 aliphatic rings. The lowest BCUT2D eigenvalue weighted by Crippen LogP contribution is -2.26. The topological polar surface area (TPSA) is 29.1 Å². The second-order valence-electron chi connectivity index (χ2n) is 6.93. The first-order valence-electron chi connectivity index (χ1n) is 8.16. The number of carbonyl (C=O) groups excluding carboxylic acids is 1. The lowest BCUT2D eigenvalue weighted by atomic mass is 9.82. The van der Waals surface area contributed by atoms with E-state index in [1.165, 1.54) is 36.8 Å². The Balaban J connectivity index is 1.54. The van der Waals surface area contributed by atoms with Crippen LogP contribution in [0.15, 0.2) is 18.2 Å². The Kier molecular flexibility index (Phi) is 3.14. The molecule has 106 valence electrons. The Morgan fingerprint density at radius 1 is 1.25 bits per heavy atom. The summed E-state index contributed by atoms with van der Waals surface area (Å²) in [6.07, 6.45) is 7.31. The van der Waals surface area contributed by atoms with Gasteiger partial charge in [-0.05, 0) is 61.1 Å². The molecule has 2 nitrogen and oxygen atoms in total. The lowest BCUT2D eigenvalue weighted by Gasteiger charge is -2.23. The molecular weight excluding hydrogens is 246 g/mol. The van der Waals surface area contributed by atoms with Crippen molar-refractivity contribution < 1.29 is 4.79 Å². The summed E-state index contributed by atoms with van der Waals surface area (Å²) in [5.74, 6) is 2.87. The molecule has 2 saturated carbocycles. The van der Waals surface area contributed by atoms with E-state index < -0.39 is 0 Å². The summed E-state index contributed by atoms with van der Waals surface area (Å²) in [7, 11) is 0. The van der Waals surface area contributed by atoms with Crippen LogP contribution in [-0.2, 0) is 13.0 Å². The fourth-order valence-electron chi connectivity index (χ4n) is 4.77. The van der Waals surface area contributed by atoms with E-state index in [-0.39, 0.29) is 0 Å². The molecule has 3 unspecified atom stereocenters. The van der Waals surface area contributed by atoms with Crippen molar-refractivity contribution >= 4 is 5.78 Å². The third-order valence-electron chi connectivity index (χ3n) is 5.77. The second kappa shape index (κ2) is 5.00. The standard InChI is InChI=1S/C18H23NO/c20-18(10-15-9-12-4-5-13(15)8-12)17-3-1-2-14-11-19-7-6-16(14)17/h1-3,12-13,15,19H,4-11H2. The van der Waals surface area contributed by atoms with Gasteiger partial charge in [-0.15, -0.1) is 0 Å². The highest BCUT2D eigenvalue weighted by atomic mass is 16.1. The highest BCUT2D eigenvalue weighted by molar-refractivity contribution is 5.98. The van der Waals surface area contributed by atoms with Gasteiger partial charge < -0.3 is 5.32 Å². The molecule has 1 N–H and O–H groups in total. The number of ketones is 1. The van der Waals surface area contributed by atoms with Crippen molar-refractivity contribution in [2.75, 3.05) is 6.54 Å². The monoisotopic (exact) mass is 269 g/mol. The van der Waals surface area contributed by atoms with Gasteiger partial charge in [0.25, 0.3) is 0 Å². The van der Waals surface area contributed by atoms with Crippen LogP contribution < -0.4 is 5.32 Å². The summed E-state index contributed by atoms with van der Waals surface area (Å²) in [6.45, 7) is 1.93. The number of benzene rings is 1. The molecule has 20 heavy (non-hydrogen) atoms. The third-order valence-corrected chi connectivity index (χ3v) is 5.77. The van der Waals surface area contributed by atoms with Crippen molar-refractivity contribution in [3.05, 3.63) is 34.9 Å². The minimum atomic E-state index is 0.404. The summed E-state index contributed by atoms with van der Waals surface area (Å²) >= 11 is 0. The molecule has 2 aliphatic carbocycles. The molecule has 0 amide bonds. The summed E-state index contributed by atoms with van der Waals surface area (Å²) in [5, 5.41) is 3.39. The van der Waals surface area contributed by atoms with E-state index in [2.05, 4.69) is 23.5 Å². The molecule has 1 aliphatic heterocycles. The normalized spacial score (nSPS) is 31.3. The van der Waals surface area contributed by atoms with Crippen LogP contribution in [0.3, 0.4) is 0 Å². The van der Waals surface area contributed by atoms with E-state index in [0.717, 1.165) is 43.3 Å². The minimum absolute atomic E-state index is 0.404. The smallest absolute Gasteiger partial charge is 0.163 e. The van der Waals surface area contributed by atoms with Gasteiger partial charge in [-0.2, -0.15) is 0 Å². The van der Waals surface area contributed by atoms with Crippen molar-refractivity contribution in [3.63, 3.8) is 0 Å². The van der Waals surface area contributed by atoms with Gasteiger partial charge in [0.05, 0.1) is 0 Å². The molecule has 3 atom stereocenters. The molecule has 2 bridgehead atoms. The maximum atomic E-state index is 12.7. The molecule has 0 spiro atoms. The van der Waals surface area contributed by atoms with Gasteiger partial charge in [-0.3, -0.25) is 4.79 Å². The largest absolute Gasteiger partial charge is 0.312 e. The highest BCUT2D eigenvalue weighted by Gasteiger charge is 2.40. The summed E-state index contributed by atoms with van der Waals surface area (Å²) in [4.78, 5) is 12.7. The van der Waals surface area contributed by atoms with Crippen molar-refractivity contribution in [2.24, 2.45) is 17.8 Å². The molecule has 1 heterocycles. The maximum absolute atomic E-state index is 12.7. The molecule has 0 radical (unpaired) electrons. The molecular formula is C18H23NO. The lowest BCUT2D eigenvalue weighted by molar-refractivity contribution is 0.0943. The van der Waals surface area contributed by atoms with Crippen LogP contribution in [0.1, 0.15) is 53.6 Å². The van der Waals surface area contributed by atoms with Crippen LogP contribution in [0.25, 0.3) is 0 Å². The number of nitrogens with one attached hydrogen (secondary N) is 1. The van der Waals surface area contributed by atoms with E-state index in [9.17, 15) is 4.79 Å². The van der Waals surface area contributed by atoms with Gasteiger partial charge >= 0.3 is 0 Å². The van der Waals surface area contributed by atoms with Gasteiger partial charge in [0.2, 0.25) is 0 Å². The molecule has 1 aromatic rings. The average molecular weight is 269 g/mol. The zero-order chi connectivity index (χ0) is 13.5. The molecule has 0 aromatic heterocycles. The Labute approximate surface area is 121 Å². The first-order chi connectivity index (χ1) is 9.81. The van der Waals surface area contributed by atoms with Crippen molar-refractivity contribution in [2.45, 2.75) is 45.1 Å². The van der Waals surface area contributed by atoms with Gasteiger partial charge in [-0.1, -0.05) is 24.6 Å². The summed E-state index contributed by atoms with van der Waals surface area (Å²) in [5.41, 5.74) is 3.67. The number of fused-ring (bicyclic) bond motifs is 3. The van der Waals surface area contributed by atoms with E-state index in [1.54, 1.807) is 0 Å². The quantitative estimate of drug-likeness (QED) is 0.853. The average Bonchev–Trinajstić information content (AvgIpc) is 3.09. The maximum Gasteiger partial charge on any atom is 0.163 e. The van der Waals surface area contributed by atoms with E-state index >= 15 is 0 Å². The molecule has 4 rings (SSSR count). The number of carbonyl (C=O) groups is 1. The second-order valence-corrected chi connectivity index (χ2v) is 6.93. The number of hydrogen-bond acceptors (Lipinski definition) is 2. The zero-order valence-corrected chi connectivity index (χ0v) is 12.0. The van der Waals surface area contributed by atoms with E-state index in [1.807, 2.05) is 0 Å². The van der Waals surface area contributed by atoms with E-state index in [4.69, 9.17) is 0 Å². The fraction of sp³-hybridized carbons (Fsp3) is 0.611. The van der Waals surface area contributed by atoms with E-state index in [0.29, 0.717) is 11.7 Å². The Hall–Kier alpha value is -1.15. The Bertz CT molecular complexity index is 536. The van der Waals surface area contributed by atoms with Crippen molar-refractivity contribution in [1.29, 1.82) is 0 Å². The molecule has 0 saturated heterocycles. The van der Waals surface area contributed by atoms with Crippen molar-refractivity contribution in [3.8, 4) is 0 Å². The van der Waals surface area contributed by atoms with Crippen LogP contribution in [0.2, 0.25) is 0 Å². The van der Waals surface area contributed by atoms with Gasteiger partial charge in [0.1, 0.15) is 0 Å². The summed E-state index contributed by atoms with van der Waals surface area (Å²) in [6, 6.07) is 6.27. The first kappa shape index (κ1) is 12.6. The zero-order valence-electron chi connectivity index (χ0n) is 12.0. The molecule has 1 aromatic carbocycles. The number of rotatable bonds is 3. The van der Waals surface area contributed by atoms with Crippen LogP contribution >= 0.6 is 0 Å². The number of hydrogen-bond donors (Lipinski definition) is 1. The van der Waals surface area contributed by atoms with Gasteiger partial charge in [-0.25, -0.2) is 0 Å². The van der Waals surface area contributed by atoms with Gasteiger partial charge in [0, 0.05) is 18.5 Å². The Morgan fingerprint density at radius 3 is 3.00 bits per heavy atom. The predicted octanol–water partition coefficient (Wildman–Crippen LogP) is 3.34. The van der Waals surface area contributed by atoms with Gasteiger partial charge in [0.15, 0.2) is 5.78 Å². The SMILES string of the molecule is O=C(CC1CC2CCC1C2)c1cccc2c1CCNC2. The molecule has 2 fully saturated rings. The van der Waals surface area contributed by atoms with Crippen LogP contribution in [0.5, 0.6) is 0 Å². The first-order valence-corrected chi connectivity index (χ1v) is 8.16. The van der Waals surface area contributed by atoms with Crippen molar-refractivity contribution in [1.82, 2.24) is 5.32 Å². The molecule has 2 heteroatoms. The third kappa shape index (κ3) is 2.10. The summed E-state index contributed by atoms with van der Waals surface area (Å²) < 4.78 is 0. The van der Waals surface area contributed by atoms with Crippen LogP contribution in [0, 0.1) is 17.8 Å². The predicted molar refractivity (Wildman–Crippen MR) is 79.7 cm³/mol. The highest BCUT2D eigenvalue weighted by Crippen LogP contribution is 2.49. The van der Waals surface area contributed by atoms with Crippen LogP contribution in [-0.4, -0.2) is 12.3 Å². The minimum Gasteiger partial charge on any atom is -0.312 e. The number of Topliss-reactive ketones (excluding diaryl/α,β-unsaturated/α-hetero) is 1.